The molecule has 0 bridgehead atoms. The van der Waals surface area contributed by atoms with E-state index in [1.54, 1.807) is 11.3 Å². The highest BCUT2D eigenvalue weighted by atomic mass is 79.9. The van der Waals surface area contributed by atoms with Gasteiger partial charge in [0.25, 0.3) is 0 Å². The molecule has 0 radical (unpaired) electrons. The average Bonchev–Trinajstić information content (AvgIpc) is 3.39. The standard InChI is InChI=1S/C19H20BrN5OS/c20-16-8-2-1-6-14(16)12-21-17(26)15-7-5-11-25(13-15)19-23-22-18(27-19)24-9-3-4-10-24/h1-4,6,8-10,15H,5,7,11-13H2,(H,21,26)/t15-/m0/s1. The van der Waals surface area contributed by atoms with Gasteiger partial charge in [-0.3, -0.25) is 9.36 Å². The van der Waals surface area contributed by atoms with Gasteiger partial charge in [0.05, 0.1) is 5.92 Å². The van der Waals surface area contributed by atoms with Crippen LogP contribution in [0.3, 0.4) is 0 Å². The molecule has 1 N–H and O–H groups in total. The third kappa shape index (κ3) is 4.22. The second-order valence-corrected chi connectivity index (χ2v) is 8.34. The molecule has 1 amide bonds. The first-order valence-corrected chi connectivity index (χ1v) is 10.5. The number of benzene rings is 1. The number of amides is 1. The summed E-state index contributed by atoms with van der Waals surface area (Å²) in [5.74, 6) is 0.0748. The Hall–Kier alpha value is -2.19. The maximum atomic E-state index is 12.7. The fourth-order valence-corrected chi connectivity index (χ4v) is 4.51. The van der Waals surface area contributed by atoms with Gasteiger partial charge in [0.1, 0.15) is 0 Å². The molecule has 1 saturated heterocycles. The van der Waals surface area contributed by atoms with Gasteiger partial charge in [-0.1, -0.05) is 45.5 Å². The highest BCUT2D eigenvalue weighted by molar-refractivity contribution is 9.10. The Balaban J connectivity index is 1.38. The van der Waals surface area contributed by atoms with Gasteiger partial charge < -0.3 is 10.2 Å². The number of carbonyl (C=O) groups is 1. The van der Waals surface area contributed by atoms with Gasteiger partial charge in [-0.05, 0) is 36.6 Å². The quantitative estimate of drug-likeness (QED) is 0.651. The second-order valence-electron chi connectivity index (χ2n) is 6.55. The van der Waals surface area contributed by atoms with Crippen LogP contribution in [0, 0.1) is 5.92 Å². The van der Waals surface area contributed by atoms with E-state index in [4.69, 9.17) is 0 Å². The van der Waals surface area contributed by atoms with Crippen LogP contribution in [0.25, 0.3) is 5.13 Å². The van der Waals surface area contributed by atoms with Crippen LogP contribution in [0.2, 0.25) is 0 Å². The minimum Gasteiger partial charge on any atom is -0.352 e. The minimum absolute atomic E-state index is 0.0276. The van der Waals surface area contributed by atoms with E-state index in [9.17, 15) is 4.79 Å². The average molecular weight is 446 g/mol. The van der Waals surface area contributed by atoms with E-state index in [0.717, 1.165) is 39.7 Å². The number of nitrogens with one attached hydrogen (secondary N) is 1. The summed E-state index contributed by atoms with van der Waals surface area (Å²) in [6.45, 7) is 2.13. The number of aromatic nitrogens is 3. The fraction of sp³-hybridized carbons (Fsp3) is 0.316. The lowest BCUT2D eigenvalue weighted by molar-refractivity contribution is -0.125. The summed E-state index contributed by atoms with van der Waals surface area (Å²) in [5.41, 5.74) is 1.08. The molecule has 140 valence electrons. The highest BCUT2D eigenvalue weighted by Crippen LogP contribution is 2.28. The smallest absolute Gasteiger partial charge is 0.225 e. The number of halogens is 1. The summed E-state index contributed by atoms with van der Waals surface area (Å²) in [5, 5.41) is 13.4. The first kappa shape index (κ1) is 18.2. The Morgan fingerprint density at radius 1 is 1.19 bits per heavy atom. The Bertz CT molecular complexity index is 910. The van der Waals surface area contributed by atoms with Crippen LogP contribution >= 0.6 is 27.3 Å². The van der Waals surface area contributed by atoms with Crippen molar-refractivity contribution < 1.29 is 4.79 Å². The fourth-order valence-electron chi connectivity index (χ4n) is 3.24. The Morgan fingerprint density at radius 2 is 1.96 bits per heavy atom. The van der Waals surface area contributed by atoms with Crippen molar-refractivity contribution in [1.29, 1.82) is 0 Å². The van der Waals surface area contributed by atoms with Crippen LogP contribution in [-0.2, 0) is 11.3 Å². The Kier molecular flexibility index (Phi) is 5.54. The lowest BCUT2D eigenvalue weighted by Crippen LogP contribution is -2.43. The molecule has 0 spiro atoms. The van der Waals surface area contributed by atoms with E-state index in [1.165, 1.54) is 0 Å². The summed E-state index contributed by atoms with van der Waals surface area (Å²) in [6.07, 6.45) is 5.80. The third-order valence-corrected chi connectivity index (χ3v) is 6.47. The highest BCUT2D eigenvalue weighted by Gasteiger charge is 2.27. The van der Waals surface area contributed by atoms with Gasteiger partial charge in [0.15, 0.2) is 0 Å². The molecule has 1 atom stereocenters. The predicted octanol–water partition coefficient (Wildman–Crippen LogP) is 3.62. The van der Waals surface area contributed by atoms with Crippen molar-refractivity contribution in [3.8, 4) is 5.13 Å². The van der Waals surface area contributed by atoms with Crippen LogP contribution in [0.15, 0.2) is 53.3 Å². The van der Waals surface area contributed by atoms with Crippen molar-refractivity contribution in [2.75, 3.05) is 18.0 Å². The van der Waals surface area contributed by atoms with Gasteiger partial charge in [0.2, 0.25) is 16.2 Å². The van der Waals surface area contributed by atoms with Gasteiger partial charge in [0, 0.05) is 36.5 Å². The van der Waals surface area contributed by atoms with Crippen LogP contribution < -0.4 is 10.2 Å². The van der Waals surface area contributed by atoms with Gasteiger partial charge in [-0.15, -0.1) is 10.2 Å². The van der Waals surface area contributed by atoms with Crippen molar-refractivity contribution in [3.63, 3.8) is 0 Å². The molecule has 27 heavy (non-hydrogen) atoms. The SMILES string of the molecule is O=C(NCc1ccccc1Br)[C@H]1CCCN(c2nnc(-n3cccc3)s2)C1. The molecule has 1 aromatic carbocycles. The first-order chi connectivity index (χ1) is 13.2. The molecule has 1 aliphatic heterocycles. The van der Waals surface area contributed by atoms with E-state index in [1.807, 2.05) is 53.4 Å². The summed E-state index contributed by atoms with van der Waals surface area (Å²) in [4.78, 5) is 14.8. The zero-order valence-corrected chi connectivity index (χ0v) is 17.1. The molecule has 8 heteroatoms. The molecule has 3 aromatic rings. The lowest BCUT2D eigenvalue weighted by atomic mass is 9.97. The summed E-state index contributed by atoms with van der Waals surface area (Å²) in [6, 6.07) is 11.9. The monoisotopic (exact) mass is 445 g/mol. The molecule has 0 aliphatic carbocycles. The summed E-state index contributed by atoms with van der Waals surface area (Å²) in [7, 11) is 0. The predicted molar refractivity (Wildman–Crippen MR) is 110 cm³/mol. The van der Waals surface area contributed by atoms with Crippen LogP contribution in [0.4, 0.5) is 5.13 Å². The first-order valence-electron chi connectivity index (χ1n) is 8.93. The van der Waals surface area contributed by atoms with E-state index in [2.05, 4.69) is 36.3 Å². The molecule has 1 fully saturated rings. The molecule has 0 saturated carbocycles. The summed E-state index contributed by atoms with van der Waals surface area (Å²) < 4.78 is 2.97. The molecule has 4 rings (SSSR count). The van der Waals surface area contributed by atoms with E-state index in [-0.39, 0.29) is 11.8 Å². The van der Waals surface area contributed by atoms with Gasteiger partial charge in [-0.2, -0.15) is 0 Å². The van der Waals surface area contributed by atoms with Gasteiger partial charge in [-0.25, -0.2) is 0 Å². The number of piperidine rings is 1. The van der Waals surface area contributed by atoms with Crippen molar-refractivity contribution in [3.05, 3.63) is 58.8 Å². The Morgan fingerprint density at radius 3 is 2.78 bits per heavy atom. The van der Waals surface area contributed by atoms with E-state index in [0.29, 0.717) is 13.1 Å². The molecular formula is C19H20BrN5OS. The maximum Gasteiger partial charge on any atom is 0.225 e. The summed E-state index contributed by atoms with van der Waals surface area (Å²) >= 11 is 5.08. The zero-order chi connectivity index (χ0) is 18.6. The largest absolute Gasteiger partial charge is 0.352 e. The van der Waals surface area contributed by atoms with Crippen LogP contribution in [-0.4, -0.2) is 33.8 Å². The second kappa shape index (κ2) is 8.22. The van der Waals surface area contributed by atoms with Crippen molar-refractivity contribution in [1.82, 2.24) is 20.1 Å². The van der Waals surface area contributed by atoms with E-state index >= 15 is 0 Å². The van der Waals surface area contributed by atoms with Crippen molar-refractivity contribution in [2.45, 2.75) is 19.4 Å². The number of nitrogens with zero attached hydrogens (tertiary/aromatic N) is 4. The number of carbonyl (C=O) groups excluding carboxylic acids is 1. The third-order valence-electron chi connectivity index (χ3n) is 4.70. The van der Waals surface area contributed by atoms with E-state index < -0.39 is 0 Å². The van der Waals surface area contributed by atoms with Crippen LogP contribution in [0.1, 0.15) is 18.4 Å². The molecule has 2 aromatic heterocycles. The normalized spacial score (nSPS) is 17.1. The zero-order valence-electron chi connectivity index (χ0n) is 14.7. The van der Waals surface area contributed by atoms with Gasteiger partial charge >= 0.3 is 0 Å². The number of rotatable bonds is 5. The van der Waals surface area contributed by atoms with Crippen molar-refractivity contribution >= 4 is 38.3 Å². The Labute approximate surface area is 170 Å². The van der Waals surface area contributed by atoms with Crippen LogP contribution in [0.5, 0.6) is 0 Å². The molecule has 1 aliphatic rings. The molecule has 3 heterocycles. The number of anilines is 1. The molecular weight excluding hydrogens is 426 g/mol. The lowest BCUT2D eigenvalue weighted by Gasteiger charge is -2.31. The molecule has 6 nitrogen and oxygen atoms in total. The topological polar surface area (TPSA) is 63.1 Å². The number of hydrogen-bond donors (Lipinski definition) is 1. The number of hydrogen-bond acceptors (Lipinski definition) is 5. The minimum atomic E-state index is -0.0276. The molecule has 0 unspecified atom stereocenters. The maximum absolute atomic E-state index is 12.7. The van der Waals surface area contributed by atoms with Crippen molar-refractivity contribution in [2.24, 2.45) is 5.92 Å².